The normalized spacial score (nSPS) is 12.0. The molecule has 1 heterocycles. The van der Waals surface area contributed by atoms with Gasteiger partial charge in [0.15, 0.2) is 0 Å². The third kappa shape index (κ3) is 2.09. The zero-order chi connectivity index (χ0) is 7.40. The van der Waals surface area contributed by atoms with Crippen molar-refractivity contribution in [1.82, 2.24) is 4.57 Å². The third-order valence-electron chi connectivity index (χ3n) is 1.12. The van der Waals surface area contributed by atoms with Gasteiger partial charge in [0.05, 0.1) is 6.54 Å². The lowest BCUT2D eigenvalue weighted by Gasteiger charge is -1.97. The van der Waals surface area contributed by atoms with Crippen molar-refractivity contribution < 1.29 is 0 Å². The van der Waals surface area contributed by atoms with E-state index in [1.165, 1.54) is 5.54 Å². The van der Waals surface area contributed by atoms with Crippen molar-refractivity contribution in [3.8, 4) is 0 Å². The molecule has 1 aromatic rings. The van der Waals surface area contributed by atoms with Crippen LogP contribution < -0.4 is 0 Å². The highest BCUT2D eigenvalue weighted by molar-refractivity contribution is 6.36. The molecule has 0 aromatic carbocycles. The molecule has 0 atom stereocenters. The Bertz CT molecular complexity index is 214. The van der Waals surface area contributed by atoms with Crippen LogP contribution in [-0.2, 0) is 6.54 Å². The van der Waals surface area contributed by atoms with Crippen molar-refractivity contribution in [2.75, 3.05) is 0 Å². The average molecular weight is 176 g/mol. The topological polar surface area (TPSA) is 4.93 Å². The molecular formula is C7H7Cl2N. The summed E-state index contributed by atoms with van der Waals surface area (Å²) in [5, 5.41) is 0.637. The zero-order valence-electron chi connectivity index (χ0n) is 5.30. The summed E-state index contributed by atoms with van der Waals surface area (Å²) in [4.78, 5) is 0. The van der Waals surface area contributed by atoms with Crippen LogP contribution in [0, 0.1) is 0 Å². The second kappa shape index (κ2) is 3.69. The van der Waals surface area contributed by atoms with E-state index in [4.69, 9.17) is 23.2 Å². The van der Waals surface area contributed by atoms with E-state index >= 15 is 0 Å². The van der Waals surface area contributed by atoms with Crippen LogP contribution in [0.1, 0.15) is 0 Å². The number of hydrogen-bond donors (Lipinski definition) is 0. The Kier molecular flexibility index (Phi) is 2.84. The maximum atomic E-state index is 5.67. The molecule has 3 heteroatoms. The molecule has 0 spiro atoms. The first kappa shape index (κ1) is 7.70. The molecule has 0 aliphatic rings. The van der Waals surface area contributed by atoms with Gasteiger partial charge in [0.1, 0.15) is 0 Å². The summed E-state index contributed by atoms with van der Waals surface area (Å²) in [7, 11) is 0. The van der Waals surface area contributed by atoms with Gasteiger partial charge < -0.3 is 4.57 Å². The molecule has 0 saturated carbocycles. The van der Waals surface area contributed by atoms with Crippen LogP contribution in [-0.4, -0.2) is 4.57 Å². The molecule has 0 aliphatic heterocycles. The Morgan fingerprint density at radius 1 is 1.40 bits per heavy atom. The first-order chi connectivity index (χ1) is 4.83. The van der Waals surface area contributed by atoms with E-state index in [0.29, 0.717) is 11.6 Å². The monoisotopic (exact) mass is 175 g/mol. The van der Waals surface area contributed by atoms with Crippen molar-refractivity contribution in [3.63, 3.8) is 0 Å². The quantitative estimate of drug-likeness (QED) is 0.652. The molecule has 1 rings (SSSR count). The van der Waals surface area contributed by atoms with Crippen LogP contribution in [0.15, 0.2) is 35.1 Å². The van der Waals surface area contributed by atoms with Crippen LogP contribution in [0.2, 0.25) is 0 Å². The van der Waals surface area contributed by atoms with Gasteiger partial charge in [-0.15, -0.1) is 0 Å². The number of hydrogen-bond acceptors (Lipinski definition) is 0. The van der Waals surface area contributed by atoms with E-state index in [1.54, 1.807) is 0 Å². The maximum Gasteiger partial charge on any atom is 0.0586 e. The summed E-state index contributed by atoms with van der Waals surface area (Å²) < 4.78 is 1.95. The van der Waals surface area contributed by atoms with E-state index in [-0.39, 0.29) is 0 Å². The highest BCUT2D eigenvalue weighted by Crippen LogP contribution is 2.06. The van der Waals surface area contributed by atoms with Crippen LogP contribution in [0.25, 0.3) is 0 Å². The fourth-order valence-corrected chi connectivity index (χ4v) is 0.892. The molecule has 0 amide bonds. The van der Waals surface area contributed by atoms with E-state index in [1.807, 2.05) is 29.1 Å². The predicted molar refractivity (Wildman–Crippen MR) is 44.2 cm³/mol. The molecule has 54 valence electrons. The molecule has 0 fully saturated rings. The number of nitrogens with zero attached hydrogens (tertiary/aromatic N) is 1. The molecule has 0 radical (unpaired) electrons. The molecule has 0 N–H and O–H groups in total. The van der Waals surface area contributed by atoms with Crippen LogP contribution in [0.5, 0.6) is 0 Å². The fourth-order valence-electron chi connectivity index (χ4n) is 0.684. The average Bonchev–Trinajstić information content (AvgIpc) is 2.40. The van der Waals surface area contributed by atoms with E-state index in [0.717, 1.165) is 0 Å². The van der Waals surface area contributed by atoms with Gasteiger partial charge in [-0.1, -0.05) is 23.2 Å². The number of aromatic nitrogens is 1. The van der Waals surface area contributed by atoms with E-state index < -0.39 is 0 Å². The van der Waals surface area contributed by atoms with Gasteiger partial charge in [-0.3, -0.25) is 0 Å². The maximum absolute atomic E-state index is 5.67. The van der Waals surface area contributed by atoms with Crippen molar-refractivity contribution in [2.24, 2.45) is 0 Å². The summed E-state index contributed by atoms with van der Waals surface area (Å²) in [5.74, 6) is 0. The van der Waals surface area contributed by atoms with Crippen molar-refractivity contribution in [1.29, 1.82) is 0 Å². The van der Waals surface area contributed by atoms with Crippen molar-refractivity contribution in [3.05, 3.63) is 35.1 Å². The zero-order valence-corrected chi connectivity index (χ0v) is 6.81. The fraction of sp³-hybridized carbons (Fsp3) is 0.143. The molecule has 0 aliphatic carbocycles. The van der Waals surface area contributed by atoms with Gasteiger partial charge in [0.2, 0.25) is 0 Å². The van der Waals surface area contributed by atoms with Gasteiger partial charge in [0.25, 0.3) is 0 Å². The first-order valence-electron chi connectivity index (χ1n) is 2.88. The summed E-state index contributed by atoms with van der Waals surface area (Å²) in [6.45, 7) is 0.651. The second-order valence-corrected chi connectivity index (χ2v) is 2.62. The highest BCUT2D eigenvalue weighted by Gasteiger charge is 1.90. The predicted octanol–water partition coefficient (Wildman–Crippen LogP) is 2.81. The molecule has 0 bridgehead atoms. The van der Waals surface area contributed by atoms with E-state index in [2.05, 4.69) is 0 Å². The Labute approximate surface area is 69.9 Å². The molecule has 0 unspecified atom stereocenters. The lowest BCUT2D eigenvalue weighted by atomic mass is 10.6. The molecule has 1 nitrogen and oxygen atoms in total. The van der Waals surface area contributed by atoms with Crippen LogP contribution in [0.4, 0.5) is 0 Å². The number of rotatable bonds is 2. The lowest BCUT2D eigenvalue weighted by molar-refractivity contribution is 0.820. The molecule has 1 aromatic heterocycles. The lowest BCUT2D eigenvalue weighted by Crippen LogP contribution is -1.92. The SMILES string of the molecule is Cl/C=C(/Cl)Cn1cccc1. The van der Waals surface area contributed by atoms with Gasteiger partial charge in [-0.25, -0.2) is 0 Å². The molecule has 0 saturated heterocycles. The highest BCUT2D eigenvalue weighted by atomic mass is 35.5. The second-order valence-electron chi connectivity index (χ2n) is 1.91. The Hall–Kier alpha value is -0.400. The van der Waals surface area contributed by atoms with Gasteiger partial charge in [-0.2, -0.15) is 0 Å². The third-order valence-corrected chi connectivity index (χ3v) is 1.72. The van der Waals surface area contributed by atoms with Crippen LogP contribution >= 0.6 is 23.2 Å². The smallest absolute Gasteiger partial charge is 0.0586 e. The van der Waals surface area contributed by atoms with Crippen LogP contribution in [0.3, 0.4) is 0 Å². The van der Waals surface area contributed by atoms with Crippen molar-refractivity contribution >= 4 is 23.2 Å². The van der Waals surface area contributed by atoms with Gasteiger partial charge >= 0.3 is 0 Å². The minimum atomic E-state index is 0.637. The van der Waals surface area contributed by atoms with Crippen molar-refractivity contribution in [2.45, 2.75) is 6.54 Å². The largest absolute Gasteiger partial charge is 0.349 e. The first-order valence-corrected chi connectivity index (χ1v) is 3.70. The Morgan fingerprint density at radius 3 is 2.50 bits per heavy atom. The van der Waals surface area contributed by atoms with Gasteiger partial charge in [-0.05, 0) is 12.1 Å². The number of halogens is 2. The minimum absolute atomic E-state index is 0.637. The summed E-state index contributed by atoms with van der Waals surface area (Å²) in [6, 6.07) is 3.89. The molecule has 10 heavy (non-hydrogen) atoms. The standard InChI is InChI=1S/C7H7Cl2N/c8-5-7(9)6-10-3-1-2-4-10/h1-5H,6H2/b7-5+. The molecular weight excluding hydrogens is 169 g/mol. The Morgan fingerprint density at radius 2 is 2.00 bits per heavy atom. The Balaban J connectivity index is 2.56. The summed E-state index contributed by atoms with van der Waals surface area (Å²) >= 11 is 11.0. The van der Waals surface area contributed by atoms with Gasteiger partial charge in [0, 0.05) is 23.0 Å². The van der Waals surface area contributed by atoms with E-state index in [9.17, 15) is 0 Å². The number of allylic oxidation sites excluding steroid dienone is 1. The summed E-state index contributed by atoms with van der Waals surface area (Å²) in [5.41, 5.74) is 1.38. The summed E-state index contributed by atoms with van der Waals surface area (Å²) in [6.07, 6.45) is 3.87. The minimum Gasteiger partial charge on any atom is -0.349 e.